The lowest BCUT2D eigenvalue weighted by molar-refractivity contribution is 0.410. The average Bonchev–Trinajstić information content (AvgIpc) is 2.67. The Labute approximate surface area is 152 Å². The van der Waals surface area contributed by atoms with Crippen molar-refractivity contribution in [1.82, 2.24) is 4.98 Å². The second-order valence-corrected chi connectivity index (χ2v) is 6.94. The molecule has 1 nitrogen and oxygen atoms in total. The Morgan fingerprint density at radius 1 is 0.917 bits per heavy atom. The van der Waals surface area contributed by atoms with Crippen molar-refractivity contribution in [2.45, 2.75) is 34.0 Å². The minimum absolute atomic E-state index is 0.0413. The molecule has 0 amide bonds. The summed E-state index contributed by atoms with van der Waals surface area (Å²) >= 11 is 0. The van der Waals surface area contributed by atoms with Crippen molar-refractivity contribution in [3.63, 3.8) is 0 Å². The highest BCUT2D eigenvalue weighted by Crippen LogP contribution is 2.28. The minimum atomic E-state index is -2.44. The van der Waals surface area contributed by atoms with Gasteiger partial charge in [0.1, 0.15) is 0 Å². The lowest BCUT2D eigenvalue weighted by Crippen LogP contribution is -2.10. The first-order valence-electron chi connectivity index (χ1n) is 10.6. The van der Waals surface area contributed by atoms with Crippen LogP contribution in [0.2, 0.25) is 0 Å². The molecule has 1 aromatic heterocycles. The predicted molar refractivity (Wildman–Crippen MR) is 103 cm³/mol. The van der Waals surface area contributed by atoms with Gasteiger partial charge in [-0.1, -0.05) is 69.3 Å². The zero-order chi connectivity index (χ0) is 21.4. The van der Waals surface area contributed by atoms with Crippen molar-refractivity contribution in [3.05, 3.63) is 78.0 Å². The summed E-state index contributed by atoms with van der Waals surface area (Å²) in [5.41, 5.74) is 2.80. The van der Waals surface area contributed by atoms with Crippen molar-refractivity contribution in [3.8, 4) is 22.4 Å². The van der Waals surface area contributed by atoms with Gasteiger partial charge in [-0.3, -0.25) is 4.98 Å². The summed E-state index contributed by atoms with van der Waals surface area (Å²) in [6, 6.07) is 19.4. The van der Waals surface area contributed by atoms with Crippen LogP contribution in [0.3, 0.4) is 0 Å². The SMILES string of the molecule is [2H]C([2H])([2H])c1cnc(-c2cccc(-c3ccccc3)c2)cc1C([2H])([2H])C(C)(C)C. The van der Waals surface area contributed by atoms with Crippen LogP contribution < -0.4 is 0 Å². The Hall–Kier alpha value is -2.41. The average molecular weight is 320 g/mol. The summed E-state index contributed by atoms with van der Waals surface area (Å²) in [5.74, 6) is 0. The Balaban J connectivity index is 2.17. The van der Waals surface area contributed by atoms with Crippen LogP contribution in [0.25, 0.3) is 22.4 Å². The number of rotatable bonds is 3. The van der Waals surface area contributed by atoms with Crippen LogP contribution in [0.15, 0.2) is 66.9 Å². The molecule has 0 aliphatic heterocycles. The highest BCUT2D eigenvalue weighted by molar-refractivity contribution is 5.71. The van der Waals surface area contributed by atoms with Gasteiger partial charge in [0, 0.05) is 18.6 Å². The van der Waals surface area contributed by atoms with E-state index in [4.69, 9.17) is 6.85 Å². The molecule has 0 spiro atoms. The minimum Gasteiger partial charge on any atom is -0.256 e. The topological polar surface area (TPSA) is 12.9 Å². The van der Waals surface area contributed by atoms with E-state index in [0.29, 0.717) is 5.69 Å². The lowest BCUT2D eigenvalue weighted by Gasteiger charge is -2.20. The van der Waals surface area contributed by atoms with Crippen molar-refractivity contribution in [2.75, 3.05) is 0 Å². The van der Waals surface area contributed by atoms with E-state index in [9.17, 15) is 0 Å². The molecule has 0 bridgehead atoms. The molecule has 0 fully saturated rings. The quantitative estimate of drug-likeness (QED) is 0.551. The fourth-order valence-electron chi connectivity index (χ4n) is 2.61. The summed E-state index contributed by atoms with van der Waals surface area (Å²) < 4.78 is 40.9. The second kappa shape index (κ2) is 6.60. The third-order valence-corrected chi connectivity index (χ3v) is 3.68. The molecule has 24 heavy (non-hydrogen) atoms. The standard InChI is InChI=1S/C23H25N/c1-17-16-24-22(14-21(17)15-23(2,3)4)20-12-8-11-19(13-20)18-9-6-5-7-10-18/h5-14,16H,15H2,1-4H3/i1D3,15D2. The van der Waals surface area contributed by atoms with Crippen LogP contribution in [-0.2, 0) is 6.37 Å². The molecule has 0 unspecified atom stereocenters. The number of pyridine rings is 1. The molecular formula is C23H25N. The maximum absolute atomic E-state index is 8.66. The number of aryl methyl sites for hydroxylation is 1. The Morgan fingerprint density at radius 3 is 2.33 bits per heavy atom. The van der Waals surface area contributed by atoms with Gasteiger partial charge in [-0.25, -0.2) is 0 Å². The van der Waals surface area contributed by atoms with Gasteiger partial charge in [0.15, 0.2) is 0 Å². The van der Waals surface area contributed by atoms with E-state index in [1.54, 1.807) is 26.8 Å². The highest BCUT2D eigenvalue weighted by Gasteiger charge is 2.14. The Bertz CT molecular complexity index is 1000. The second-order valence-electron chi connectivity index (χ2n) is 6.94. The highest BCUT2D eigenvalue weighted by atomic mass is 14.7. The molecule has 0 aliphatic carbocycles. The van der Waals surface area contributed by atoms with E-state index < -0.39 is 18.6 Å². The van der Waals surface area contributed by atoms with Gasteiger partial charge in [-0.2, -0.15) is 0 Å². The van der Waals surface area contributed by atoms with Gasteiger partial charge in [-0.15, -0.1) is 0 Å². The number of nitrogens with zero attached hydrogens (tertiary/aromatic N) is 1. The van der Waals surface area contributed by atoms with Crippen molar-refractivity contribution in [1.29, 1.82) is 0 Å². The van der Waals surface area contributed by atoms with Gasteiger partial charge in [-0.05, 0) is 53.0 Å². The third-order valence-electron chi connectivity index (χ3n) is 3.68. The molecule has 3 rings (SSSR count). The molecule has 122 valence electrons. The summed E-state index contributed by atoms with van der Waals surface area (Å²) in [6.07, 6.45) is -0.540. The monoisotopic (exact) mass is 320 g/mol. The van der Waals surface area contributed by atoms with Crippen molar-refractivity contribution in [2.24, 2.45) is 5.41 Å². The first-order valence-corrected chi connectivity index (χ1v) is 8.08. The van der Waals surface area contributed by atoms with E-state index in [1.165, 1.54) is 6.20 Å². The van der Waals surface area contributed by atoms with Gasteiger partial charge < -0.3 is 0 Å². The molecule has 0 N–H and O–H groups in total. The fraction of sp³-hybridized carbons (Fsp3) is 0.261. The van der Waals surface area contributed by atoms with E-state index in [2.05, 4.69) is 4.98 Å². The maximum Gasteiger partial charge on any atom is 0.0705 e. The Kier molecular flexibility index (Phi) is 3.08. The summed E-state index contributed by atoms with van der Waals surface area (Å²) in [5, 5.41) is 0. The van der Waals surface area contributed by atoms with Crippen LogP contribution in [0.1, 0.15) is 38.8 Å². The first kappa shape index (κ1) is 11.2. The van der Waals surface area contributed by atoms with Crippen molar-refractivity contribution < 1.29 is 6.85 Å². The molecule has 0 aliphatic rings. The van der Waals surface area contributed by atoms with E-state index in [1.807, 2.05) is 54.6 Å². The fourth-order valence-corrected chi connectivity index (χ4v) is 2.61. The molecule has 3 aromatic rings. The molecule has 0 saturated carbocycles. The summed E-state index contributed by atoms with van der Waals surface area (Å²) in [4.78, 5) is 4.38. The smallest absolute Gasteiger partial charge is 0.0705 e. The normalized spacial score (nSPS) is 15.7. The van der Waals surface area contributed by atoms with Crippen molar-refractivity contribution >= 4 is 0 Å². The van der Waals surface area contributed by atoms with Crippen LogP contribution in [0.5, 0.6) is 0 Å². The zero-order valence-corrected chi connectivity index (χ0v) is 14.3. The largest absolute Gasteiger partial charge is 0.256 e. The summed E-state index contributed by atoms with van der Waals surface area (Å²) in [6.45, 7) is 2.87. The van der Waals surface area contributed by atoms with Crippen LogP contribution in [0.4, 0.5) is 0 Å². The molecule has 0 atom stereocenters. The van der Waals surface area contributed by atoms with E-state index in [0.717, 1.165) is 16.7 Å². The Morgan fingerprint density at radius 2 is 1.62 bits per heavy atom. The first-order chi connectivity index (χ1) is 13.4. The molecule has 1 heterocycles. The molecule has 1 heteroatoms. The van der Waals surface area contributed by atoms with E-state index >= 15 is 0 Å². The summed E-state index contributed by atoms with van der Waals surface area (Å²) in [7, 11) is 0. The number of hydrogen-bond donors (Lipinski definition) is 0. The number of aromatic nitrogens is 1. The molecular weight excluding hydrogens is 290 g/mol. The third kappa shape index (κ3) is 3.91. The molecule has 2 aromatic carbocycles. The number of hydrogen-bond acceptors (Lipinski definition) is 1. The van der Waals surface area contributed by atoms with Crippen LogP contribution in [0, 0.1) is 12.3 Å². The van der Waals surface area contributed by atoms with Gasteiger partial charge in [0.2, 0.25) is 0 Å². The molecule has 0 saturated heterocycles. The van der Waals surface area contributed by atoms with E-state index in [-0.39, 0.29) is 11.1 Å². The van der Waals surface area contributed by atoms with Crippen LogP contribution in [-0.4, -0.2) is 4.98 Å². The van der Waals surface area contributed by atoms with Crippen LogP contribution >= 0.6 is 0 Å². The van der Waals surface area contributed by atoms with Gasteiger partial charge in [0.05, 0.1) is 5.69 Å². The zero-order valence-electron chi connectivity index (χ0n) is 19.3. The molecule has 0 radical (unpaired) electrons. The maximum atomic E-state index is 8.66. The lowest BCUT2D eigenvalue weighted by atomic mass is 9.86. The predicted octanol–water partition coefficient (Wildman–Crippen LogP) is 6.31. The van der Waals surface area contributed by atoms with Gasteiger partial charge >= 0.3 is 0 Å². The van der Waals surface area contributed by atoms with Gasteiger partial charge in [0.25, 0.3) is 0 Å². The number of benzene rings is 2.